The second kappa shape index (κ2) is 10.3. The number of nitrogens with zero attached hydrogens (tertiary/aromatic N) is 2. The summed E-state index contributed by atoms with van der Waals surface area (Å²) in [6.07, 6.45) is 0. The molecule has 0 radical (unpaired) electrons. The molecule has 0 bridgehead atoms. The number of hydrogen-bond acceptors (Lipinski definition) is 5. The molecule has 3 aromatic rings. The van der Waals surface area contributed by atoms with Gasteiger partial charge in [0.2, 0.25) is 26.0 Å². The molecule has 35 heavy (non-hydrogen) atoms. The van der Waals surface area contributed by atoms with E-state index in [0.717, 1.165) is 15.4 Å². The molecule has 1 saturated heterocycles. The van der Waals surface area contributed by atoms with E-state index in [4.69, 9.17) is 0 Å². The number of hydrogen-bond donors (Lipinski definition) is 1. The normalized spacial score (nSPS) is 17.7. The Hall–Kier alpha value is -3.05. The molecule has 1 aliphatic heterocycles. The summed E-state index contributed by atoms with van der Waals surface area (Å²) < 4.78 is 55.6. The molecular weight excluding hydrogens is 486 g/mol. The van der Waals surface area contributed by atoms with Gasteiger partial charge in [0, 0.05) is 26.2 Å². The number of nitrogens with one attached hydrogen (secondary N) is 1. The van der Waals surface area contributed by atoms with E-state index in [1.54, 1.807) is 36.4 Å². The van der Waals surface area contributed by atoms with Crippen LogP contribution in [0.3, 0.4) is 0 Å². The molecule has 1 heterocycles. The van der Waals surface area contributed by atoms with E-state index in [1.807, 2.05) is 31.2 Å². The summed E-state index contributed by atoms with van der Waals surface area (Å²) in [6, 6.07) is 22.1. The lowest BCUT2D eigenvalue weighted by atomic mass is 10.1. The van der Waals surface area contributed by atoms with Crippen LogP contribution in [0.1, 0.15) is 11.1 Å². The van der Waals surface area contributed by atoms with Crippen molar-refractivity contribution in [3.05, 3.63) is 96.1 Å². The monoisotopic (exact) mass is 513 g/mol. The lowest BCUT2D eigenvalue weighted by Gasteiger charge is -2.39. The van der Waals surface area contributed by atoms with Gasteiger partial charge in [-0.05, 0) is 36.8 Å². The Morgan fingerprint density at radius 2 is 1.34 bits per heavy atom. The molecule has 3 aromatic carbocycles. The molecule has 1 atom stereocenters. The minimum atomic E-state index is -4.03. The zero-order chi connectivity index (χ0) is 25.1. The first-order valence-electron chi connectivity index (χ1n) is 11.1. The quantitative estimate of drug-likeness (QED) is 0.523. The smallest absolute Gasteiger partial charge is 0.243 e. The van der Waals surface area contributed by atoms with Crippen molar-refractivity contribution in [2.24, 2.45) is 0 Å². The van der Waals surface area contributed by atoms with E-state index in [0.29, 0.717) is 0 Å². The SMILES string of the molecule is Cc1ccc(CNC(=O)[C@H]2CN(S(=O)(=O)c3ccccc3)CCN2S(=O)(=O)c2ccccc2)cc1. The van der Waals surface area contributed by atoms with Crippen molar-refractivity contribution in [2.75, 3.05) is 19.6 Å². The Bertz CT molecular complexity index is 1380. The van der Waals surface area contributed by atoms with Crippen LogP contribution in [0.4, 0.5) is 0 Å². The first kappa shape index (κ1) is 25.1. The molecule has 0 aliphatic carbocycles. The third-order valence-corrected chi connectivity index (χ3v) is 9.72. The van der Waals surface area contributed by atoms with Crippen molar-refractivity contribution < 1.29 is 21.6 Å². The summed E-state index contributed by atoms with van der Waals surface area (Å²) in [5, 5.41) is 2.79. The van der Waals surface area contributed by atoms with E-state index < -0.39 is 32.0 Å². The highest BCUT2D eigenvalue weighted by Gasteiger charge is 2.43. The van der Waals surface area contributed by atoms with Gasteiger partial charge in [0.25, 0.3) is 0 Å². The van der Waals surface area contributed by atoms with Crippen molar-refractivity contribution in [1.82, 2.24) is 13.9 Å². The first-order chi connectivity index (χ1) is 16.7. The zero-order valence-corrected chi connectivity index (χ0v) is 20.9. The average Bonchev–Trinajstić information content (AvgIpc) is 2.89. The largest absolute Gasteiger partial charge is 0.351 e. The standard InChI is InChI=1S/C25H27N3O5S2/c1-20-12-14-21(15-13-20)18-26-25(29)24-19-27(34(30,31)22-8-4-2-5-9-22)16-17-28(24)35(32,33)23-10-6-3-7-11-23/h2-15,24H,16-19H2,1H3,(H,26,29)/t24-/m1/s1. The number of carbonyl (C=O) groups excluding carboxylic acids is 1. The molecule has 8 nitrogen and oxygen atoms in total. The highest BCUT2D eigenvalue weighted by Crippen LogP contribution is 2.25. The van der Waals surface area contributed by atoms with Crippen LogP contribution >= 0.6 is 0 Å². The Morgan fingerprint density at radius 3 is 1.91 bits per heavy atom. The number of carbonyl (C=O) groups is 1. The summed E-state index contributed by atoms with van der Waals surface area (Å²) >= 11 is 0. The molecule has 0 spiro atoms. The van der Waals surface area contributed by atoms with Crippen LogP contribution in [0.2, 0.25) is 0 Å². The van der Waals surface area contributed by atoms with Gasteiger partial charge in [-0.1, -0.05) is 66.2 Å². The van der Waals surface area contributed by atoms with E-state index in [9.17, 15) is 21.6 Å². The minimum Gasteiger partial charge on any atom is -0.351 e. The molecule has 1 fully saturated rings. The molecule has 4 rings (SSSR count). The van der Waals surface area contributed by atoms with Crippen LogP contribution in [-0.2, 0) is 31.4 Å². The van der Waals surface area contributed by atoms with Gasteiger partial charge in [0.05, 0.1) is 9.79 Å². The Labute approximate surface area is 206 Å². The maximum atomic E-state index is 13.4. The summed E-state index contributed by atoms with van der Waals surface area (Å²) in [6.45, 7) is 1.65. The Kier molecular flexibility index (Phi) is 7.36. The lowest BCUT2D eigenvalue weighted by molar-refractivity contribution is -0.126. The van der Waals surface area contributed by atoms with Crippen molar-refractivity contribution in [3.63, 3.8) is 0 Å². The average molecular weight is 514 g/mol. The molecule has 0 aromatic heterocycles. The fourth-order valence-corrected chi connectivity index (χ4v) is 6.99. The van der Waals surface area contributed by atoms with E-state index in [-0.39, 0.29) is 36.0 Å². The van der Waals surface area contributed by atoms with Gasteiger partial charge in [0.15, 0.2) is 0 Å². The fourth-order valence-electron chi connectivity index (χ4n) is 3.94. The molecule has 1 N–H and O–H groups in total. The van der Waals surface area contributed by atoms with Gasteiger partial charge < -0.3 is 5.32 Å². The summed E-state index contributed by atoms with van der Waals surface area (Å²) in [5.74, 6) is -0.557. The van der Waals surface area contributed by atoms with Crippen LogP contribution < -0.4 is 5.32 Å². The van der Waals surface area contributed by atoms with Crippen molar-refractivity contribution in [1.29, 1.82) is 0 Å². The van der Waals surface area contributed by atoms with Gasteiger partial charge in [-0.25, -0.2) is 16.8 Å². The molecule has 1 amide bonds. The fraction of sp³-hybridized carbons (Fsp3) is 0.240. The van der Waals surface area contributed by atoms with Gasteiger partial charge in [-0.15, -0.1) is 0 Å². The number of amides is 1. The van der Waals surface area contributed by atoms with E-state index in [2.05, 4.69) is 5.32 Å². The maximum Gasteiger partial charge on any atom is 0.243 e. The summed E-state index contributed by atoms with van der Waals surface area (Å²) in [4.78, 5) is 13.4. The first-order valence-corrected chi connectivity index (χ1v) is 14.0. The number of aryl methyl sites for hydroxylation is 1. The molecule has 0 saturated carbocycles. The van der Waals surface area contributed by atoms with Crippen LogP contribution in [0.5, 0.6) is 0 Å². The van der Waals surface area contributed by atoms with Crippen molar-refractivity contribution >= 4 is 26.0 Å². The molecule has 10 heteroatoms. The van der Waals surface area contributed by atoms with Gasteiger partial charge in [0.1, 0.15) is 6.04 Å². The zero-order valence-electron chi connectivity index (χ0n) is 19.2. The maximum absolute atomic E-state index is 13.4. The molecule has 1 aliphatic rings. The molecule has 0 unspecified atom stereocenters. The number of benzene rings is 3. The summed E-state index contributed by atoms with van der Waals surface area (Å²) in [5.41, 5.74) is 1.93. The van der Waals surface area contributed by atoms with Crippen LogP contribution in [0.15, 0.2) is 94.7 Å². The molecular formula is C25H27N3O5S2. The van der Waals surface area contributed by atoms with Gasteiger partial charge in [-0.2, -0.15) is 8.61 Å². The predicted octanol–water partition coefficient (Wildman–Crippen LogP) is 2.38. The Balaban J connectivity index is 1.62. The topological polar surface area (TPSA) is 104 Å². The predicted molar refractivity (Wildman–Crippen MR) is 132 cm³/mol. The third kappa shape index (κ3) is 5.46. The van der Waals surface area contributed by atoms with Crippen molar-refractivity contribution in [3.8, 4) is 0 Å². The minimum absolute atomic E-state index is 0.0516. The second-order valence-electron chi connectivity index (χ2n) is 8.32. The molecule has 184 valence electrons. The number of rotatable bonds is 7. The van der Waals surface area contributed by atoms with Crippen LogP contribution in [0, 0.1) is 6.92 Å². The van der Waals surface area contributed by atoms with Gasteiger partial charge in [-0.3, -0.25) is 4.79 Å². The number of sulfonamides is 2. The Morgan fingerprint density at radius 1 is 0.800 bits per heavy atom. The highest BCUT2D eigenvalue weighted by molar-refractivity contribution is 7.89. The van der Waals surface area contributed by atoms with Crippen molar-refractivity contribution in [2.45, 2.75) is 29.3 Å². The van der Waals surface area contributed by atoms with Gasteiger partial charge >= 0.3 is 0 Å². The highest BCUT2D eigenvalue weighted by atomic mass is 32.2. The van der Waals surface area contributed by atoms with E-state index in [1.165, 1.54) is 28.6 Å². The van der Waals surface area contributed by atoms with Crippen LogP contribution in [-0.4, -0.2) is 57.0 Å². The number of piperazine rings is 1. The third-order valence-electron chi connectivity index (χ3n) is 5.91. The lowest BCUT2D eigenvalue weighted by Crippen LogP contribution is -2.61. The summed E-state index contributed by atoms with van der Waals surface area (Å²) in [7, 11) is -7.93. The van der Waals surface area contributed by atoms with Crippen LogP contribution in [0.25, 0.3) is 0 Å². The van der Waals surface area contributed by atoms with E-state index >= 15 is 0 Å². The second-order valence-corrected chi connectivity index (χ2v) is 12.2.